The van der Waals surface area contributed by atoms with Crippen LogP contribution in [0, 0.1) is 0 Å². The van der Waals surface area contributed by atoms with Gasteiger partial charge in [-0.25, -0.2) is 0 Å². The summed E-state index contributed by atoms with van der Waals surface area (Å²) in [6.45, 7) is 8.50. The van der Waals surface area contributed by atoms with Crippen LogP contribution in [0.1, 0.15) is 39.4 Å². The Bertz CT molecular complexity index is 501. The molecule has 0 saturated carbocycles. The summed E-state index contributed by atoms with van der Waals surface area (Å²) >= 11 is 0. The minimum atomic E-state index is -0.302. The number of fused-ring (bicyclic) bond motifs is 1. The van der Waals surface area contributed by atoms with E-state index in [0.29, 0.717) is 6.04 Å². The van der Waals surface area contributed by atoms with Gasteiger partial charge in [0.2, 0.25) is 0 Å². The van der Waals surface area contributed by atoms with E-state index < -0.39 is 0 Å². The monoisotopic (exact) mass is 216 g/mol. The van der Waals surface area contributed by atoms with Gasteiger partial charge in [-0.1, -0.05) is 18.2 Å². The van der Waals surface area contributed by atoms with Crippen LogP contribution in [0.25, 0.3) is 10.9 Å². The molecule has 2 heteroatoms. The first kappa shape index (κ1) is 11.2. The fraction of sp³-hybridized carbons (Fsp3) is 0.429. The molecule has 2 rings (SSSR count). The van der Waals surface area contributed by atoms with Crippen LogP contribution in [0.15, 0.2) is 30.3 Å². The molecule has 0 saturated heterocycles. The second-order valence-electron chi connectivity index (χ2n) is 5.27. The van der Waals surface area contributed by atoms with E-state index in [0.717, 1.165) is 0 Å². The summed E-state index contributed by atoms with van der Waals surface area (Å²) in [4.78, 5) is 0. The van der Waals surface area contributed by atoms with Crippen LogP contribution >= 0.6 is 0 Å². The highest BCUT2D eigenvalue weighted by Crippen LogP contribution is 2.29. The molecule has 0 aliphatic rings. The second-order valence-corrected chi connectivity index (χ2v) is 5.27. The Morgan fingerprint density at radius 2 is 1.81 bits per heavy atom. The maximum atomic E-state index is 6.24. The smallest absolute Gasteiger partial charge is 0.0506 e. The van der Waals surface area contributed by atoms with Gasteiger partial charge in [0, 0.05) is 17.3 Å². The van der Waals surface area contributed by atoms with Crippen molar-refractivity contribution in [3.8, 4) is 0 Å². The zero-order valence-corrected chi connectivity index (χ0v) is 10.5. The van der Waals surface area contributed by atoms with Gasteiger partial charge >= 0.3 is 0 Å². The lowest BCUT2D eigenvalue weighted by atomic mass is 10.0. The summed E-state index contributed by atoms with van der Waals surface area (Å²) in [5, 5.41) is 1.27. The van der Waals surface area contributed by atoms with Crippen LogP contribution < -0.4 is 5.73 Å². The van der Waals surface area contributed by atoms with Crippen LogP contribution in [-0.4, -0.2) is 4.57 Å². The zero-order chi connectivity index (χ0) is 11.9. The molecule has 0 fully saturated rings. The number of nitrogens with two attached hydrogens (primary N) is 1. The summed E-state index contributed by atoms with van der Waals surface area (Å²) in [5.41, 5.74) is 8.40. The quantitative estimate of drug-likeness (QED) is 0.819. The highest BCUT2D eigenvalue weighted by Gasteiger charge is 2.22. The van der Waals surface area contributed by atoms with Crippen molar-refractivity contribution in [3.63, 3.8) is 0 Å². The molecule has 0 atom stereocenters. The van der Waals surface area contributed by atoms with Crippen LogP contribution in [0.5, 0.6) is 0 Å². The number of aromatic nitrogens is 1. The topological polar surface area (TPSA) is 30.9 Å². The zero-order valence-electron chi connectivity index (χ0n) is 10.5. The minimum Gasteiger partial charge on any atom is -0.340 e. The molecule has 0 spiro atoms. The van der Waals surface area contributed by atoms with Gasteiger partial charge in [-0.3, -0.25) is 0 Å². The molecule has 1 aromatic heterocycles. The molecule has 0 aliphatic carbocycles. The van der Waals surface area contributed by atoms with E-state index in [9.17, 15) is 0 Å². The van der Waals surface area contributed by atoms with E-state index in [1.807, 2.05) is 0 Å². The maximum absolute atomic E-state index is 6.24. The SMILES string of the molecule is CC(C)n1c(C(C)(C)N)cc2ccccc21. The van der Waals surface area contributed by atoms with Crippen LogP contribution in [0.2, 0.25) is 0 Å². The molecule has 16 heavy (non-hydrogen) atoms. The Morgan fingerprint density at radius 3 is 2.38 bits per heavy atom. The highest BCUT2D eigenvalue weighted by molar-refractivity contribution is 5.81. The van der Waals surface area contributed by atoms with E-state index >= 15 is 0 Å². The molecular formula is C14H20N2. The summed E-state index contributed by atoms with van der Waals surface area (Å²) in [5.74, 6) is 0. The molecule has 0 aliphatic heterocycles. The van der Waals surface area contributed by atoms with E-state index in [1.165, 1.54) is 16.6 Å². The predicted octanol–water partition coefficient (Wildman–Crippen LogP) is 3.42. The average molecular weight is 216 g/mol. The van der Waals surface area contributed by atoms with Crippen molar-refractivity contribution in [2.24, 2.45) is 5.73 Å². The third kappa shape index (κ3) is 1.74. The fourth-order valence-electron chi connectivity index (χ4n) is 2.23. The lowest BCUT2D eigenvalue weighted by Gasteiger charge is -2.24. The van der Waals surface area contributed by atoms with Crippen molar-refractivity contribution in [1.29, 1.82) is 0 Å². The number of rotatable bonds is 2. The lowest BCUT2D eigenvalue weighted by Crippen LogP contribution is -2.32. The first-order valence-corrected chi connectivity index (χ1v) is 5.80. The summed E-state index contributed by atoms with van der Waals surface area (Å²) < 4.78 is 2.33. The molecule has 1 heterocycles. The normalized spacial score (nSPS) is 12.6. The number of nitrogens with zero attached hydrogens (tertiary/aromatic N) is 1. The Morgan fingerprint density at radius 1 is 1.19 bits per heavy atom. The van der Waals surface area contributed by atoms with Gasteiger partial charge in [0.1, 0.15) is 0 Å². The second kappa shape index (κ2) is 3.63. The van der Waals surface area contributed by atoms with Gasteiger partial charge in [-0.15, -0.1) is 0 Å². The Labute approximate surface area is 97.1 Å². The average Bonchev–Trinajstić information content (AvgIpc) is 2.55. The molecular weight excluding hydrogens is 196 g/mol. The van der Waals surface area contributed by atoms with Crippen molar-refractivity contribution in [2.75, 3.05) is 0 Å². The first-order chi connectivity index (χ1) is 7.41. The Balaban J connectivity index is 2.78. The largest absolute Gasteiger partial charge is 0.340 e. The number of benzene rings is 1. The molecule has 2 nitrogen and oxygen atoms in total. The van der Waals surface area contributed by atoms with E-state index in [1.54, 1.807) is 0 Å². The maximum Gasteiger partial charge on any atom is 0.0506 e. The summed E-state index contributed by atoms with van der Waals surface area (Å²) in [6, 6.07) is 11.1. The Kier molecular flexibility index (Phi) is 2.55. The number of hydrogen-bond donors (Lipinski definition) is 1. The molecule has 1 aromatic carbocycles. The molecule has 0 bridgehead atoms. The van der Waals surface area contributed by atoms with E-state index in [-0.39, 0.29) is 5.54 Å². The van der Waals surface area contributed by atoms with E-state index in [4.69, 9.17) is 5.73 Å². The molecule has 2 N–H and O–H groups in total. The number of para-hydroxylation sites is 1. The minimum absolute atomic E-state index is 0.302. The molecule has 0 amide bonds. The van der Waals surface area contributed by atoms with Crippen LogP contribution in [0.4, 0.5) is 0 Å². The number of hydrogen-bond acceptors (Lipinski definition) is 1. The van der Waals surface area contributed by atoms with Crippen molar-refractivity contribution in [3.05, 3.63) is 36.0 Å². The van der Waals surface area contributed by atoms with Gasteiger partial charge in [0.25, 0.3) is 0 Å². The van der Waals surface area contributed by atoms with Gasteiger partial charge in [0.15, 0.2) is 0 Å². The van der Waals surface area contributed by atoms with Crippen LogP contribution in [0.3, 0.4) is 0 Å². The molecule has 86 valence electrons. The van der Waals surface area contributed by atoms with Crippen molar-refractivity contribution in [1.82, 2.24) is 4.57 Å². The van der Waals surface area contributed by atoms with Gasteiger partial charge in [-0.05, 0) is 45.2 Å². The third-order valence-electron chi connectivity index (χ3n) is 2.92. The molecule has 0 unspecified atom stereocenters. The van der Waals surface area contributed by atoms with Crippen molar-refractivity contribution in [2.45, 2.75) is 39.3 Å². The van der Waals surface area contributed by atoms with Crippen LogP contribution in [-0.2, 0) is 5.54 Å². The highest BCUT2D eigenvalue weighted by atomic mass is 15.0. The summed E-state index contributed by atoms with van der Waals surface area (Å²) in [7, 11) is 0. The predicted molar refractivity (Wildman–Crippen MR) is 69.5 cm³/mol. The lowest BCUT2D eigenvalue weighted by molar-refractivity contribution is 0.474. The fourth-order valence-corrected chi connectivity index (χ4v) is 2.23. The molecule has 0 radical (unpaired) electrons. The van der Waals surface area contributed by atoms with Gasteiger partial charge < -0.3 is 10.3 Å². The standard InChI is InChI=1S/C14H20N2/c1-10(2)16-12-8-6-5-7-11(12)9-13(16)14(3,4)15/h5-10H,15H2,1-4H3. The Hall–Kier alpha value is -1.28. The van der Waals surface area contributed by atoms with Crippen molar-refractivity contribution >= 4 is 10.9 Å². The molecule has 2 aromatic rings. The van der Waals surface area contributed by atoms with Gasteiger partial charge in [-0.2, -0.15) is 0 Å². The van der Waals surface area contributed by atoms with E-state index in [2.05, 4.69) is 62.6 Å². The summed E-state index contributed by atoms with van der Waals surface area (Å²) in [6.07, 6.45) is 0. The third-order valence-corrected chi connectivity index (χ3v) is 2.92. The van der Waals surface area contributed by atoms with Crippen molar-refractivity contribution < 1.29 is 0 Å². The van der Waals surface area contributed by atoms with Gasteiger partial charge in [0.05, 0.1) is 5.54 Å². The first-order valence-electron chi connectivity index (χ1n) is 5.80.